The summed E-state index contributed by atoms with van der Waals surface area (Å²) < 4.78 is 26.6. The summed E-state index contributed by atoms with van der Waals surface area (Å²) in [7, 11) is 0. The van der Waals surface area contributed by atoms with Crippen LogP contribution < -0.4 is 16.0 Å². The molecule has 3 N–H and O–H groups in total. The van der Waals surface area contributed by atoms with Crippen LogP contribution in [0.5, 0.6) is 0 Å². The molecule has 1 aliphatic carbocycles. The fraction of sp³-hybridized carbons (Fsp3) is 0.409. The molecular weight excluding hydrogens is 454 g/mol. The molecule has 1 heterocycles. The van der Waals surface area contributed by atoms with Crippen molar-refractivity contribution in [3.05, 3.63) is 52.5 Å². The van der Waals surface area contributed by atoms with Crippen molar-refractivity contribution in [2.45, 2.75) is 44.2 Å². The van der Waals surface area contributed by atoms with Crippen molar-refractivity contribution in [1.29, 1.82) is 0 Å². The van der Waals surface area contributed by atoms with Gasteiger partial charge in [-0.2, -0.15) is 0 Å². The third kappa shape index (κ3) is 7.41. The largest absolute Gasteiger partial charge is 0.347 e. The predicted octanol–water partition coefficient (Wildman–Crippen LogP) is 1.61. The van der Waals surface area contributed by atoms with E-state index in [9.17, 15) is 28.0 Å². The third-order valence-electron chi connectivity index (χ3n) is 5.24. The third-order valence-corrected chi connectivity index (χ3v) is 6.02. The summed E-state index contributed by atoms with van der Waals surface area (Å²) >= 11 is 1.32. The van der Waals surface area contributed by atoms with E-state index in [2.05, 4.69) is 20.9 Å². The highest BCUT2D eigenvalue weighted by Crippen LogP contribution is 2.38. The molecule has 1 aromatic heterocycles. The summed E-state index contributed by atoms with van der Waals surface area (Å²) in [5.41, 5.74) is 0.723. The van der Waals surface area contributed by atoms with Gasteiger partial charge in [0.1, 0.15) is 11.0 Å². The van der Waals surface area contributed by atoms with Crippen LogP contribution in [0.4, 0.5) is 8.78 Å². The Morgan fingerprint density at radius 1 is 1.15 bits per heavy atom. The zero-order valence-electron chi connectivity index (χ0n) is 17.7. The monoisotopic (exact) mass is 478 g/mol. The molecule has 11 heteroatoms. The van der Waals surface area contributed by atoms with E-state index in [1.54, 1.807) is 41.9 Å². The number of aromatic nitrogens is 1. The normalized spacial score (nSPS) is 17.7. The molecule has 0 bridgehead atoms. The van der Waals surface area contributed by atoms with E-state index >= 15 is 0 Å². The lowest BCUT2D eigenvalue weighted by atomic mass is 10.0. The second kappa shape index (κ2) is 11.1. The Morgan fingerprint density at radius 3 is 2.55 bits per heavy atom. The van der Waals surface area contributed by atoms with Crippen molar-refractivity contribution in [3.8, 4) is 0 Å². The summed E-state index contributed by atoms with van der Waals surface area (Å²) in [4.78, 5) is 53.6. The minimum atomic E-state index is -2.87. The number of thiazole rings is 1. The van der Waals surface area contributed by atoms with Gasteiger partial charge >= 0.3 is 0 Å². The molecule has 0 aliphatic heterocycles. The number of nitrogens with one attached hydrogen (secondary N) is 3. The number of alkyl halides is 2. The first-order valence-electron chi connectivity index (χ1n) is 10.4. The smallest absolute Gasteiger partial charge is 0.289 e. The fourth-order valence-corrected chi connectivity index (χ4v) is 4.09. The Morgan fingerprint density at radius 2 is 1.91 bits per heavy atom. The number of ketones is 1. The maximum Gasteiger partial charge on any atom is 0.289 e. The molecule has 0 radical (unpaired) electrons. The van der Waals surface area contributed by atoms with Crippen molar-refractivity contribution in [2.24, 2.45) is 5.92 Å². The van der Waals surface area contributed by atoms with E-state index in [-0.39, 0.29) is 25.8 Å². The highest BCUT2D eigenvalue weighted by atomic mass is 32.1. The van der Waals surface area contributed by atoms with Gasteiger partial charge in [0.15, 0.2) is 0 Å². The summed E-state index contributed by atoms with van der Waals surface area (Å²) in [6, 6.07) is 7.66. The molecular formula is C22H24F2N4O4S. The number of carbonyl (C=O) groups is 4. The highest BCUT2D eigenvalue weighted by Gasteiger charge is 2.42. The van der Waals surface area contributed by atoms with Gasteiger partial charge in [0.2, 0.25) is 23.5 Å². The lowest BCUT2D eigenvalue weighted by molar-refractivity contribution is -0.140. The first-order valence-corrected chi connectivity index (χ1v) is 11.3. The average molecular weight is 479 g/mol. The SMILES string of the molecule is O=C(CNC(=O)C1CCC(F)(F)C1)N[C@H](Cc1ccccc1)C(=O)C(=O)NCc1nccs1. The molecule has 176 valence electrons. The molecule has 1 aliphatic rings. The molecule has 3 amide bonds. The van der Waals surface area contributed by atoms with Gasteiger partial charge in [-0.05, 0) is 12.0 Å². The van der Waals surface area contributed by atoms with Crippen LogP contribution in [0, 0.1) is 5.92 Å². The molecule has 0 spiro atoms. The van der Waals surface area contributed by atoms with Crippen LogP contribution in [0.25, 0.3) is 0 Å². The average Bonchev–Trinajstić information content (AvgIpc) is 3.44. The molecule has 1 saturated carbocycles. The molecule has 8 nitrogen and oxygen atoms in total. The van der Waals surface area contributed by atoms with Gasteiger partial charge in [-0.1, -0.05) is 30.3 Å². The second-order valence-corrected chi connectivity index (χ2v) is 8.78. The summed E-state index contributed by atoms with van der Waals surface area (Å²) in [6.45, 7) is -0.406. The van der Waals surface area contributed by atoms with Gasteiger partial charge in [0.05, 0.1) is 13.1 Å². The van der Waals surface area contributed by atoms with Crippen molar-refractivity contribution >= 4 is 34.8 Å². The standard InChI is InChI=1S/C22H24F2N4O4S/c23-22(24)7-6-15(11-22)20(31)26-12-17(29)28-16(10-14-4-2-1-3-5-14)19(30)21(32)27-13-18-25-8-9-33-18/h1-5,8-9,15-16H,6-7,10-13H2,(H,26,31)(H,27,32)(H,28,29)/t15?,16-/m1/s1. The molecule has 33 heavy (non-hydrogen) atoms. The maximum absolute atomic E-state index is 13.3. The first kappa shape index (κ1) is 24.4. The number of benzene rings is 1. The molecule has 1 fully saturated rings. The minimum absolute atomic E-state index is 0.0504. The lowest BCUT2D eigenvalue weighted by Gasteiger charge is -2.18. The van der Waals surface area contributed by atoms with E-state index in [1.165, 1.54) is 11.3 Å². The van der Waals surface area contributed by atoms with Gasteiger partial charge in [0, 0.05) is 36.8 Å². The number of Topliss-reactive ketones (excluding diaryl/α,β-unsaturated/α-hetero) is 1. The predicted molar refractivity (Wildman–Crippen MR) is 116 cm³/mol. The summed E-state index contributed by atoms with van der Waals surface area (Å²) in [6.07, 6.45) is 0.789. The van der Waals surface area contributed by atoms with Crippen LogP contribution in [-0.2, 0) is 32.1 Å². The van der Waals surface area contributed by atoms with Gasteiger partial charge in [0.25, 0.3) is 5.91 Å². The van der Waals surface area contributed by atoms with Gasteiger partial charge < -0.3 is 16.0 Å². The molecule has 1 unspecified atom stereocenters. The van der Waals surface area contributed by atoms with Crippen LogP contribution in [0.3, 0.4) is 0 Å². The number of hydrogen-bond donors (Lipinski definition) is 3. The van der Waals surface area contributed by atoms with Gasteiger partial charge in [-0.3, -0.25) is 19.2 Å². The van der Waals surface area contributed by atoms with Crippen molar-refractivity contribution < 1.29 is 28.0 Å². The Balaban J connectivity index is 1.57. The van der Waals surface area contributed by atoms with Crippen LogP contribution in [-0.4, -0.2) is 47.0 Å². The second-order valence-electron chi connectivity index (χ2n) is 7.80. The van der Waals surface area contributed by atoms with Crippen LogP contribution in [0.2, 0.25) is 0 Å². The molecule has 1 aromatic carbocycles. The van der Waals surface area contributed by atoms with E-state index < -0.39 is 54.4 Å². The molecule has 0 saturated heterocycles. The number of hydrogen-bond acceptors (Lipinski definition) is 6. The van der Waals surface area contributed by atoms with Crippen LogP contribution >= 0.6 is 11.3 Å². The summed E-state index contributed by atoms with van der Waals surface area (Å²) in [5.74, 6) is -6.77. The zero-order valence-corrected chi connectivity index (χ0v) is 18.5. The molecule has 2 atom stereocenters. The topological polar surface area (TPSA) is 117 Å². The molecule has 3 rings (SSSR count). The van der Waals surface area contributed by atoms with Crippen molar-refractivity contribution in [1.82, 2.24) is 20.9 Å². The molecule has 2 aromatic rings. The number of carbonyl (C=O) groups excluding carboxylic acids is 4. The number of halogens is 2. The van der Waals surface area contributed by atoms with Crippen molar-refractivity contribution in [2.75, 3.05) is 6.54 Å². The van der Waals surface area contributed by atoms with E-state index in [1.807, 2.05) is 0 Å². The number of rotatable bonds is 10. The lowest BCUT2D eigenvalue weighted by Crippen LogP contribution is -2.51. The Bertz CT molecular complexity index is 986. The van der Waals surface area contributed by atoms with Crippen LogP contribution in [0.15, 0.2) is 41.9 Å². The van der Waals surface area contributed by atoms with Crippen molar-refractivity contribution in [3.63, 3.8) is 0 Å². The van der Waals surface area contributed by atoms with E-state index in [0.29, 0.717) is 5.01 Å². The number of amides is 3. The quantitative estimate of drug-likeness (QED) is 0.449. The first-order chi connectivity index (χ1) is 15.7. The highest BCUT2D eigenvalue weighted by molar-refractivity contribution is 7.09. The minimum Gasteiger partial charge on any atom is -0.347 e. The Kier molecular flexibility index (Phi) is 8.21. The summed E-state index contributed by atoms with van der Waals surface area (Å²) in [5, 5.41) is 9.67. The number of nitrogens with zero attached hydrogens (tertiary/aromatic N) is 1. The maximum atomic E-state index is 13.3. The Labute approximate surface area is 193 Å². The van der Waals surface area contributed by atoms with E-state index in [0.717, 1.165) is 5.56 Å². The van der Waals surface area contributed by atoms with Gasteiger partial charge in [-0.15, -0.1) is 11.3 Å². The Hall–Kier alpha value is -3.21. The van der Waals surface area contributed by atoms with E-state index in [4.69, 9.17) is 0 Å². The fourth-order valence-electron chi connectivity index (χ4n) is 3.53. The van der Waals surface area contributed by atoms with Gasteiger partial charge in [-0.25, -0.2) is 13.8 Å². The zero-order chi connectivity index (χ0) is 23.8. The van der Waals surface area contributed by atoms with Crippen LogP contribution in [0.1, 0.15) is 29.8 Å².